The first-order valence-corrected chi connectivity index (χ1v) is 13.2. The maximum Gasteiger partial charge on any atom is 0.200 e. The second-order valence-corrected chi connectivity index (χ2v) is 10.7. The molecule has 5 atom stereocenters. The number of aliphatic hydroxyl groups is 2. The van der Waals surface area contributed by atoms with Crippen LogP contribution in [0.4, 0.5) is 8.78 Å². The molecule has 0 spiro atoms. The van der Waals surface area contributed by atoms with Gasteiger partial charge in [-0.15, -0.1) is 15.3 Å². The van der Waals surface area contributed by atoms with Crippen molar-refractivity contribution < 1.29 is 28.5 Å². The number of tetrazole rings is 1. The average molecular weight is 621 g/mol. The molecule has 17 heteroatoms. The van der Waals surface area contributed by atoms with Gasteiger partial charge in [0.25, 0.3) is 0 Å². The van der Waals surface area contributed by atoms with Gasteiger partial charge in [0.15, 0.2) is 5.82 Å². The molecule has 39 heavy (non-hydrogen) atoms. The molecule has 3 N–H and O–H groups in total. The summed E-state index contributed by atoms with van der Waals surface area (Å²) in [6.07, 6.45) is -1.92. The molecule has 0 unspecified atom stereocenters. The van der Waals surface area contributed by atoms with Gasteiger partial charge in [-0.25, -0.2) is 13.5 Å². The number of ether oxygens (including phenoxy) is 2. The molecule has 1 saturated heterocycles. The normalized spacial score (nSPS) is 23.3. The molecule has 0 saturated carbocycles. The second kappa shape index (κ2) is 12.0. The predicted octanol–water partition coefficient (Wildman–Crippen LogP) is 3.69. The quantitative estimate of drug-likeness (QED) is 0.250. The third-order valence-corrected chi connectivity index (χ3v) is 8.10. The Hall–Kier alpha value is -2.43. The molecular formula is C22H18Cl3F2N7O4S. The Kier molecular flexibility index (Phi) is 8.63. The van der Waals surface area contributed by atoms with Crippen molar-refractivity contribution >= 4 is 46.6 Å². The van der Waals surface area contributed by atoms with E-state index in [1.807, 2.05) is 0 Å². The summed E-state index contributed by atoms with van der Waals surface area (Å²) in [6.45, 7) is -0.645. The van der Waals surface area contributed by atoms with Gasteiger partial charge >= 0.3 is 0 Å². The number of aliphatic hydroxyl groups excluding tert-OH is 2. The van der Waals surface area contributed by atoms with Crippen molar-refractivity contribution in [2.75, 3.05) is 6.61 Å². The third-order valence-electron chi connectivity index (χ3n) is 5.86. The van der Waals surface area contributed by atoms with Crippen LogP contribution in [0.5, 0.6) is 0 Å². The van der Waals surface area contributed by atoms with E-state index in [4.69, 9.17) is 44.3 Å². The summed E-state index contributed by atoms with van der Waals surface area (Å²) in [5.74, 6) is -1.70. The lowest BCUT2D eigenvalue weighted by Crippen LogP contribution is -2.55. The van der Waals surface area contributed by atoms with E-state index in [0.717, 1.165) is 12.1 Å². The smallest absolute Gasteiger partial charge is 0.200 e. The maximum atomic E-state index is 14.1. The van der Waals surface area contributed by atoms with E-state index >= 15 is 0 Å². The zero-order chi connectivity index (χ0) is 27.7. The molecule has 4 aromatic rings. The van der Waals surface area contributed by atoms with E-state index in [-0.39, 0.29) is 23.7 Å². The van der Waals surface area contributed by atoms with Gasteiger partial charge in [0.2, 0.25) is 0 Å². The molecule has 206 valence electrons. The fourth-order valence-corrected chi connectivity index (χ4v) is 5.64. The van der Waals surface area contributed by atoms with E-state index in [0.29, 0.717) is 14.9 Å². The van der Waals surface area contributed by atoms with Gasteiger partial charge in [0.1, 0.15) is 58.7 Å². The third kappa shape index (κ3) is 6.02. The Labute approximate surface area is 238 Å². The molecule has 1 aliphatic heterocycles. The number of hydrogen-bond donors (Lipinski definition) is 3. The molecule has 1 aliphatic rings. The summed E-state index contributed by atoms with van der Waals surface area (Å²) in [6, 6.07) is 6.04. The van der Waals surface area contributed by atoms with Gasteiger partial charge in [-0.2, -0.15) is 5.21 Å². The molecule has 0 amide bonds. The lowest BCUT2D eigenvalue weighted by molar-refractivity contribution is -0.196. The Balaban J connectivity index is 1.51. The maximum absolute atomic E-state index is 14.1. The van der Waals surface area contributed by atoms with E-state index in [1.165, 1.54) is 22.6 Å². The first kappa shape index (κ1) is 28.1. The summed E-state index contributed by atoms with van der Waals surface area (Å²) in [5, 5.41) is 42.9. The molecular weight excluding hydrogens is 603 g/mol. The zero-order valence-electron chi connectivity index (χ0n) is 19.5. The van der Waals surface area contributed by atoms with Crippen molar-refractivity contribution in [1.29, 1.82) is 0 Å². The molecule has 2 aromatic carbocycles. The van der Waals surface area contributed by atoms with Gasteiger partial charge in [-0.1, -0.05) is 57.0 Å². The summed E-state index contributed by atoms with van der Waals surface area (Å²) in [4.78, 5) is 0.667. The lowest BCUT2D eigenvalue weighted by atomic mass is 9.97. The number of thioether (sulfide) groups is 1. The largest absolute Gasteiger partial charge is 0.394 e. The molecule has 0 aliphatic carbocycles. The summed E-state index contributed by atoms with van der Waals surface area (Å²) < 4.78 is 41.6. The molecule has 5 rings (SSSR count). The monoisotopic (exact) mass is 619 g/mol. The molecule has 0 bridgehead atoms. The van der Waals surface area contributed by atoms with Crippen LogP contribution in [0.1, 0.15) is 11.9 Å². The Morgan fingerprint density at radius 2 is 1.87 bits per heavy atom. The molecule has 11 nitrogen and oxygen atoms in total. The fourth-order valence-electron chi connectivity index (χ4n) is 3.99. The fraction of sp³-hybridized carbons (Fsp3) is 0.318. The number of benzene rings is 2. The standard InChI is InChI=1S/C22H18Cl3F2N7O4S/c23-11-2-1-10(5-12(11)24)39-22-21(37-8-17-29-31-32-30-17)19(20(36)16(7-35)38-22)34-6-15(28-33-34)9-3-13(26)18(25)14(27)4-9/h1-6,16,19-22,35-36H,7-8H2,(H,29,30,31,32)/t16-,19+,20+,21-,22-/m1/s1. The first-order valence-electron chi connectivity index (χ1n) is 11.2. The molecule has 0 radical (unpaired) electrons. The highest BCUT2D eigenvalue weighted by atomic mass is 35.5. The van der Waals surface area contributed by atoms with Gasteiger partial charge in [-0.05, 0) is 30.3 Å². The SMILES string of the molecule is OC[C@H]1O[C@H](Sc2ccc(Cl)c(Cl)c2)[C@H](OCc2nn[nH]n2)[C@@H](n2cc(-c3cc(F)c(Cl)c(F)c3)nn2)[C@H]1O. The minimum Gasteiger partial charge on any atom is -0.394 e. The van der Waals surface area contributed by atoms with Gasteiger partial charge in [0, 0.05) is 10.5 Å². The minimum absolute atomic E-state index is 0.0758. The van der Waals surface area contributed by atoms with E-state index in [1.54, 1.807) is 18.2 Å². The number of nitrogens with one attached hydrogen (secondary N) is 1. The van der Waals surface area contributed by atoms with E-state index < -0.39 is 53.1 Å². The van der Waals surface area contributed by atoms with Crippen LogP contribution < -0.4 is 0 Å². The first-order chi connectivity index (χ1) is 18.7. The van der Waals surface area contributed by atoms with E-state index in [9.17, 15) is 19.0 Å². The number of aromatic nitrogens is 7. The highest BCUT2D eigenvalue weighted by molar-refractivity contribution is 7.99. The lowest BCUT2D eigenvalue weighted by Gasteiger charge is -2.43. The van der Waals surface area contributed by atoms with Crippen LogP contribution in [0.2, 0.25) is 15.1 Å². The van der Waals surface area contributed by atoms with E-state index in [2.05, 4.69) is 30.9 Å². The number of halogens is 5. The van der Waals surface area contributed by atoms with Crippen LogP contribution in [0.25, 0.3) is 11.3 Å². The van der Waals surface area contributed by atoms with Crippen LogP contribution in [0.3, 0.4) is 0 Å². The van der Waals surface area contributed by atoms with Crippen molar-refractivity contribution in [3.05, 3.63) is 69.1 Å². The highest BCUT2D eigenvalue weighted by Gasteiger charge is 2.48. The molecule has 2 aromatic heterocycles. The van der Waals surface area contributed by atoms with Crippen LogP contribution >= 0.6 is 46.6 Å². The van der Waals surface area contributed by atoms with Gasteiger partial charge in [-0.3, -0.25) is 0 Å². The number of nitrogens with zero attached hydrogens (tertiary/aromatic N) is 6. The van der Waals surface area contributed by atoms with Crippen LogP contribution in [0, 0.1) is 11.6 Å². The molecule has 3 heterocycles. The van der Waals surface area contributed by atoms with Crippen molar-refractivity contribution in [1.82, 2.24) is 35.6 Å². The number of aromatic amines is 1. The van der Waals surface area contributed by atoms with Crippen molar-refractivity contribution in [2.24, 2.45) is 0 Å². The highest BCUT2D eigenvalue weighted by Crippen LogP contribution is 2.41. The topological polar surface area (TPSA) is 144 Å². The number of hydrogen-bond acceptors (Lipinski definition) is 10. The second-order valence-electron chi connectivity index (χ2n) is 8.34. The Bertz CT molecular complexity index is 1430. The van der Waals surface area contributed by atoms with Crippen molar-refractivity contribution in [3.8, 4) is 11.3 Å². The summed E-state index contributed by atoms with van der Waals surface area (Å²) in [7, 11) is 0. The van der Waals surface area contributed by atoms with Crippen molar-refractivity contribution in [2.45, 2.75) is 41.3 Å². The summed E-state index contributed by atoms with van der Waals surface area (Å²) >= 11 is 19.0. The van der Waals surface area contributed by atoms with Crippen LogP contribution in [0.15, 0.2) is 41.4 Å². The minimum atomic E-state index is -1.33. The van der Waals surface area contributed by atoms with Crippen molar-refractivity contribution in [3.63, 3.8) is 0 Å². The summed E-state index contributed by atoms with van der Waals surface area (Å²) in [5.41, 5.74) is -0.640. The Morgan fingerprint density at radius 1 is 1.10 bits per heavy atom. The number of H-pyrrole nitrogens is 1. The van der Waals surface area contributed by atoms with Gasteiger partial charge < -0.3 is 19.7 Å². The average Bonchev–Trinajstić information content (AvgIpc) is 3.61. The van der Waals surface area contributed by atoms with Crippen LogP contribution in [-0.4, -0.2) is 76.2 Å². The Morgan fingerprint density at radius 3 is 2.54 bits per heavy atom. The predicted molar refractivity (Wildman–Crippen MR) is 136 cm³/mol. The van der Waals surface area contributed by atoms with Crippen LogP contribution in [-0.2, 0) is 16.1 Å². The molecule has 1 fully saturated rings. The zero-order valence-corrected chi connectivity index (χ0v) is 22.5. The van der Waals surface area contributed by atoms with Gasteiger partial charge in [0.05, 0.1) is 22.8 Å². The number of rotatable bonds is 8.